The van der Waals surface area contributed by atoms with Gasteiger partial charge in [-0.25, -0.2) is 9.37 Å². The number of fused-ring (bicyclic) bond motifs is 2. The van der Waals surface area contributed by atoms with Crippen LogP contribution in [0.25, 0.3) is 0 Å². The molecule has 0 spiro atoms. The molecule has 1 aromatic carbocycles. The third-order valence-electron chi connectivity index (χ3n) is 5.51. The van der Waals surface area contributed by atoms with Gasteiger partial charge < -0.3 is 9.64 Å². The number of rotatable bonds is 5. The SMILES string of the molecule is O=C(CCc1ccc(F)c(Cl)c1)N1C2CCC1CC(Oc1ccccn1)C2. The second kappa shape index (κ2) is 7.85. The van der Waals surface area contributed by atoms with Crippen LogP contribution in [0.15, 0.2) is 42.6 Å². The fourth-order valence-corrected chi connectivity index (χ4v) is 4.50. The topological polar surface area (TPSA) is 42.4 Å². The Morgan fingerprint density at radius 2 is 2.00 bits per heavy atom. The van der Waals surface area contributed by atoms with Crippen molar-refractivity contribution in [1.82, 2.24) is 9.88 Å². The largest absolute Gasteiger partial charge is 0.474 e. The summed E-state index contributed by atoms with van der Waals surface area (Å²) in [7, 11) is 0. The number of pyridine rings is 1. The van der Waals surface area contributed by atoms with Crippen molar-refractivity contribution >= 4 is 17.5 Å². The van der Waals surface area contributed by atoms with Crippen molar-refractivity contribution in [3.63, 3.8) is 0 Å². The Bertz CT molecular complexity index is 803. The van der Waals surface area contributed by atoms with Gasteiger partial charge in [0.1, 0.15) is 11.9 Å². The van der Waals surface area contributed by atoms with E-state index in [2.05, 4.69) is 9.88 Å². The predicted octanol–water partition coefficient (Wildman–Crippen LogP) is 4.41. The zero-order valence-electron chi connectivity index (χ0n) is 15.0. The van der Waals surface area contributed by atoms with Crippen molar-refractivity contribution in [3.05, 3.63) is 59.0 Å². The standard InChI is InChI=1S/C21H22ClFN2O2/c22-18-11-14(4-8-19(18)23)5-9-21(26)25-15-6-7-16(25)13-17(12-15)27-20-3-1-2-10-24-20/h1-4,8,10-11,15-17H,5-7,9,12-13H2. The molecule has 0 radical (unpaired) electrons. The van der Waals surface area contributed by atoms with Crippen molar-refractivity contribution in [2.24, 2.45) is 0 Å². The quantitative estimate of drug-likeness (QED) is 0.762. The van der Waals surface area contributed by atoms with E-state index in [1.54, 1.807) is 18.3 Å². The molecular weight excluding hydrogens is 367 g/mol. The maximum Gasteiger partial charge on any atom is 0.223 e. The predicted molar refractivity (Wildman–Crippen MR) is 101 cm³/mol. The van der Waals surface area contributed by atoms with Crippen LogP contribution in [0.3, 0.4) is 0 Å². The van der Waals surface area contributed by atoms with Crippen LogP contribution in [-0.4, -0.2) is 34.0 Å². The van der Waals surface area contributed by atoms with Crippen molar-refractivity contribution in [1.29, 1.82) is 0 Å². The van der Waals surface area contributed by atoms with Gasteiger partial charge in [0, 0.05) is 43.6 Å². The highest BCUT2D eigenvalue weighted by atomic mass is 35.5. The van der Waals surface area contributed by atoms with Crippen LogP contribution in [0.4, 0.5) is 4.39 Å². The minimum atomic E-state index is -0.431. The fourth-order valence-electron chi connectivity index (χ4n) is 4.29. The molecule has 2 atom stereocenters. The molecule has 2 aromatic rings. The molecule has 2 aliphatic rings. The lowest BCUT2D eigenvalue weighted by atomic mass is 9.98. The van der Waals surface area contributed by atoms with E-state index >= 15 is 0 Å². The molecule has 4 nitrogen and oxygen atoms in total. The number of carbonyl (C=O) groups excluding carboxylic acids is 1. The van der Waals surface area contributed by atoms with Gasteiger partial charge in [-0.15, -0.1) is 0 Å². The van der Waals surface area contributed by atoms with E-state index in [9.17, 15) is 9.18 Å². The number of halogens is 2. The van der Waals surface area contributed by atoms with Gasteiger partial charge in [-0.2, -0.15) is 0 Å². The number of amides is 1. The van der Waals surface area contributed by atoms with Crippen LogP contribution in [0.2, 0.25) is 5.02 Å². The van der Waals surface area contributed by atoms with E-state index < -0.39 is 5.82 Å². The van der Waals surface area contributed by atoms with Crippen molar-refractivity contribution in [2.75, 3.05) is 0 Å². The van der Waals surface area contributed by atoms with Crippen LogP contribution in [-0.2, 0) is 11.2 Å². The summed E-state index contributed by atoms with van der Waals surface area (Å²) in [6.45, 7) is 0. The van der Waals surface area contributed by atoms with Crippen molar-refractivity contribution in [3.8, 4) is 5.88 Å². The molecule has 2 bridgehead atoms. The van der Waals surface area contributed by atoms with Crippen molar-refractivity contribution in [2.45, 2.75) is 56.7 Å². The average Bonchev–Trinajstić information content (AvgIpc) is 2.94. The summed E-state index contributed by atoms with van der Waals surface area (Å²) in [6, 6.07) is 10.8. The molecule has 27 heavy (non-hydrogen) atoms. The van der Waals surface area contributed by atoms with E-state index in [0.717, 1.165) is 31.2 Å². The summed E-state index contributed by atoms with van der Waals surface area (Å²) in [5.41, 5.74) is 0.885. The van der Waals surface area contributed by atoms with E-state index in [-0.39, 0.29) is 29.1 Å². The molecule has 6 heteroatoms. The first kappa shape index (κ1) is 18.2. The van der Waals surface area contributed by atoms with Gasteiger partial charge in [0.05, 0.1) is 5.02 Å². The molecule has 0 aliphatic carbocycles. The number of ether oxygens (including phenoxy) is 1. The third kappa shape index (κ3) is 4.08. The Morgan fingerprint density at radius 1 is 1.22 bits per heavy atom. The molecule has 1 aromatic heterocycles. The number of benzene rings is 1. The first-order valence-corrected chi connectivity index (χ1v) is 9.80. The van der Waals surface area contributed by atoms with Crippen LogP contribution < -0.4 is 4.74 Å². The minimum absolute atomic E-state index is 0.104. The molecule has 2 unspecified atom stereocenters. The fraction of sp³-hybridized carbons (Fsp3) is 0.429. The highest BCUT2D eigenvalue weighted by molar-refractivity contribution is 6.30. The molecule has 1 amide bonds. The van der Waals surface area contributed by atoms with Gasteiger partial charge in [-0.1, -0.05) is 23.7 Å². The average molecular weight is 389 g/mol. The summed E-state index contributed by atoms with van der Waals surface area (Å²) in [5.74, 6) is 0.383. The number of piperidine rings is 1. The Hall–Kier alpha value is -2.14. The Labute approximate surface area is 163 Å². The summed E-state index contributed by atoms with van der Waals surface area (Å²) in [4.78, 5) is 19.1. The first-order valence-electron chi connectivity index (χ1n) is 9.43. The van der Waals surface area contributed by atoms with Gasteiger partial charge in [0.25, 0.3) is 0 Å². The molecular formula is C21H22ClFN2O2. The first-order chi connectivity index (χ1) is 13.1. The van der Waals surface area contributed by atoms with Crippen LogP contribution in [0, 0.1) is 5.82 Å². The highest BCUT2D eigenvalue weighted by Gasteiger charge is 2.43. The lowest BCUT2D eigenvalue weighted by molar-refractivity contribution is -0.137. The van der Waals surface area contributed by atoms with E-state index in [1.807, 2.05) is 18.2 Å². The normalized spacial score (nSPS) is 24.1. The zero-order valence-corrected chi connectivity index (χ0v) is 15.7. The van der Waals surface area contributed by atoms with Crippen LogP contribution in [0.5, 0.6) is 5.88 Å². The summed E-state index contributed by atoms with van der Waals surface area (Å²) >= 11 is 5.83. The Balaban J connectivity index is 1.34. The maximum absolute atomic E-state index is 13.3. The zero-order chi connectivity index (χ0) is 18.8. The Kier molecular flexibility index (Phi) is 5.30. The lowest BCUT2D eigenvalue weighted by Gasteiger charge is -2.38. The van der Waals surface area contributed by atoms with E-state index in [1.165, 1.54) is 6.07 Å². The Morgan fingerprint density at radius 3 is 2.67 bits per heavy atom. The molecule has 142 valence electrons. The number of carbonyl (C=O) groups is 1. The van der Waals surface area contributed by atoms with Gasteiger partial charge in [-0.3, -0.25) is 4.79 Å². The number of hydrogen-bond donors (Lipinski definition) is 0. The number of aryl methyl sites for hydroxylation is 1. The van der Waals surface area contributed by atoms with E-state index in [4.69, 9.17) is 16.3 Å². The third-order valence-corrected chi connectivity index (χ3v) is 5.80. The molecule has 0 saturated carbocycles. The van der Waals surface area contributed by atoms with Crippen LogP contribution in [0.1, 0.15) is 37.7 Å². The second-order valence-electron chi connectivity index (χ2n) is 7.31. The summed E-state index contributed by atoms with van der Waals surface area (Å²) in [6.07, 6.45) is 6.58. The number of aromatic nitrogens is 1. The molecule has 2 fully saturated rings. The van der Waals surface area contributed by atoms with Gasteiger partial charge in [0.2, 0.25) is 11.8 Å². The second-order valence-corrected chi connectivity index (χ2v) is 7.72. The highest BCUT2D eigenvalue weighted by Crippen LogP contribution is 2.37. The molecule has 4 rings (SSSR count). The monoisotopic (exact) mass is 388 g/mol. The molecule has 0 N–H and O–H groups in total. The molecule has 2 aliphatic heterocycles. The lowest BCUT2D eigenvalue weighted by Crippen LogP contribution is -2.49. The van der Waals surface area contributed by atoms with E-state index in [0.29, 0.717) is 18.7 Å². The smallest absolute Gasteiger partial charge is 0.223 e. The number of nitrogens with zero attached hydrogens (tertiary/aromatic N) is 2. The minimum Gasteiger partial charge on any atom is -0.474 e. The number of hydrogen-bond acceptors (Lipinski definition) is 3. The van der Waals surface area contributed by atoms with Crippen molar-refractivity contribution < 1.29 is 13.9 Å². The van der Waals surface area contributed by atoms with Gasteiger partial charge in [-0.05, 0) is 43.0 Å². The summed E-state index contributed by atoms with van der Waals surface area (Å²) < 4.78 is 19.3. The van der Waals surface area contributed by atoms with Crippen LogP contribution >= 0.6 is 11.6 Å². The van der Waals surface area contributed by atoms with Gasteiger partial charge in [0.15, 0.2) is 0 Å². The summed E-state index contributed by atoms with van der Waals surface area (Å²) in [5, 5.41) is 0.104. The van der Waals surface area contributed by atoms with Gasteiger partial charge >= 0.3 is 0 Å². The molecule has 2 saturated heterocycles. The molecule has 3 heterocycles. The maximum atomic E-state index is 13.3.